The van der Waals surface area contributed by atoms with Gasteiger partial charge in [0.2, 0.25) is 0 Å². The highest BCUT2D eigenvalue weighted by molar-refractivity contribution is 6.31. The summed E-state index contributed by atoms with van der Waals surface area (Å²) in [5, 5.41) is 3.30. The SMILES string of the molecule is C=C1CCC2(CN(c3ccc(-c4ccc(Cl)c(C(F)(F)F)c4)cc3)C2)NC1. The molecule has 0 amide bonds. The fraction of sp³-hybridized carbons (Fsp3) is 0.333. The fourth-order valence-electron chi connectivity index (χ4n) is 3.83. The highest BCUT2D eigenvalue weighted by atomic mass is 35.5. The second-order valence-electron chi connectivity index (χ2n) is 7.48. The van der Waals surface area contributed by atoms with E-state index in [9.17, 15) is 13.2 Å². The summed E-state index contributed by atoms with van der Waals surface area (Å²) < 4.78 is 39.2. The van der Waals surface area contributed by atoms with Crippen molar-refractivity contribution < 1.29 is 13.2 Å². The summed E-state index contributed by atoms with van der Waals surface area (Å²) in [6.07, 6.45) is -2.29. The number of hydrogen-bond donors (Lipinski definition) is 1. The molecule has 2 nitrogen and oxygen atoms in total. The summed E-state index contributed by atoms with van der Waals surface area (Å²) in [5.41, 5.74) is 2.96. The third-order valence-electron chi connectivity index (χ3n) is 5.50. The van der Waals surface area contributed by atoms with Gasteiger partial charge in [-0.05, 0) is 48.2 Å². The Morgan fingerprint density at radius 1 is 1.04 bits per heavy atom. The van der Waals surface area contributed by atoms with Crippen molar-refractivity contribution >= 4 is 17.3 Å². The molecule has 0 unspecified atom stereocenters. The van der Waals surface area contributed by atoms with Gasteiger partial charge >= 0.3 is 6.18 Å². The van der Waals surface area contributed by atoms with Gasteiger partial charge in [-0.25, -0.2) is 0 Å². The maximum atomic E-state index is 13.1. The highest BCUT2D eigenvalue weighted by Crippen LogP contribution is 2.38. The van der Waals surface area contributed by atoms with Gasteiger partial charge in [0.15, 0.2) is 0 Å². The maximum Gasteiger partial charge on any atom is 0.417 e. The van der Waals surface area contributed by atoms with Gasteiger partial charge in [0.1, 0.15) is 0 Å². The Morgan fingerprint density at radius 3 is 2.30 bits per heavy atom. The van der Waals surface area contributed by atoms with Crippen LogP contribution in [0.3, 0.4) is 0 Å². The van der Waals surface area contributed by atoms with Gasteiger partial charge in [-0.2, -0.15) is 13.2 Å². The van der Waals surface area contributed by atoms with Crippen molar-refractivity contribution in [2.24, 2.45) is 0 Å². The van der Waals surface area contributed by atoms with Crippen LogP contribution in [0.5, 0.6) is 0 Å². The molecule has 27 heavy (non-hydrogen) atoms. The second kappa shape index (κ2) is 6.57. The monoisotopic (exact) mass is 392 g/mol. The van der Waals surface area contributed by atoms with Crippen molar-refractivity contribution in [1.82, 2.24) is 5.32 Å². The van der Waals surface area contributed by atoms with Gasteiger partial charge < -0.3 is 10.2 Å². The molecule has 0 radical (unpaired) electrons. The molecule has 0 saturated carbocycles. The smallest absolute Gasteiger partial charge is 0.368 e. The number of anilines is 1. The lowest BCUT2D eigenvalue weighted by atomic mass is 9.80. The minimum Gasteiger partial charge on any atom is -0.368 e. The number of hydrogen-bond acceptors (Lipinski definition) is 2. The number of piperidine rings is 1. The molecule has 0 atom stereocenters. The van der Waals surface area contributed by atoms with E-state index in [0.717, 1.165) is 49.8 Å². The van der Waals surface area contributed by atoms with Crippen LogP contribution in [-0.2, 0) is 6.18 Å². The van der Waals surface area contributed by atoms with Crippen molar-refractivity contribution in [1.29, 1.82) is 0 Å². The highest BCUT2D eigenvalue weighted by Gasteiger charge is 2.43. The lowest BCUT2D eigenvalue weighted by Crippen LogP contribution is -2.70. The van der Waals surface area contributed by atoms with Crippen molar-refractivity contribution in [2.45, 2.75) is 24.6 Å². The first kappa shape index (κ1) is 18.4. The van der Waals surface area contributed by atoms with Crippen LogP contribution in [0.25, 0.3) is 11.1 Å². The fourth-order valence-corrected chi connectivity index (χ4v) is 4.05. The molecule has 0 bridgehead atoms. The lowest BCUT2D eigenvalue weighted by Gasteiger charge is -2.54. The van der Waals surface area contributed by atoms with Crippen LogP contribution in [0.4, 0.5) is 18.9 Å². The molecule has 2 aliphatic heterocycles. The third-order valence-corrected chi connectivity index (χ3v) is 5.82. The Kier molecular flexibility index (Phi) is 4.47. The predicted molar refractivity (Wildman–Crippen MR) is 103 cm³/mol. The Balaban J connectivity index is 1.48. The predicted octanol–water partition coefficient (Wildman–Crippen LogP) is 5.52. The first-order valence-corrected chi connectivity index (χ1v) is 9.27. The normalized spacial score (nSPS) is 19.3. The summed E-state index contributed by atoms with van der Waals surface area (Å²) in [6, 6.07) is 11.7. The maximum absolute atomic E-state index is 13.1. The van der Waals surface area contributed by atoms with E-state index in [-0.39, 0.29) is 10.6 Å². The Labute approximate surface area is 161 Å². The first-order chi connectivity index (χ1) is 12.8. The van der Waals surface area contributed by atoms with Gasteiger partial charge in [-0.1, -0.05) is 42.0 Å². The van der Waals surface area contributed by atoms with E-state index in [1.807, 2.05) is 24.3 Å². The zero-order valence-electron chi connectivity index (χ0n) is 14.7. The van der Waals surface area contributed by atoms with Crippen LogP contribution in [0.15, 0.2) is 54.6 Å². The molecule has 0 aliphatic carbocycles. The van der Waals surface area contributed by atoms with E-state index in [1.54, 1.807) is 6.07 Å². The second-order valence-corrected chi connectivity index (χ2v) is 7.89. The first-order valence-electron chi connectivity index (χ1n) is 8.90. The van der Waals surface area contributed by atoms with Crippen molar-refractivity contribution in [3.8, 4) is 11.1 Å². The molecule has 0 aromatic heterocycles. The summed E-state index contributed by atoms with van der Waals surface area (Å²) >= 11 is 5.70. The van der Waals surface area contributed by atoms with E-state index in [0.29, 0.717) is 5.56 Å². The molecule has 2 aromatic rings. The quantitative estimate of drug-likeness (QED) is 0.676. The zero-order chi connectivity index (χ0) is 19.2. The summed E-state index contributed by atoms with van der Waals surface area (Å²) in [6.45, 7) is 6.79. The molecule has 2 aromatic carbocycles. The van der Waals surface area contributed by atoms with Gasteiger partial charge in [0.25, 0.3) is 0 Å². The van der Waals surface area contributed by atoms with E-state index < -0.39 is 11.7 Å². The standard InChI is InChI=1S/C21H20ClF3N2/c1-14-8-9-20(26-11-14)12-27(13-20)17-5-2-15(3-6-17)16-4-7-19(22)18(10-16)21(23,24)25/h2-7,10,26H,1,8-9,11-13H2. The molecular formula is C21H20ClF3N2. The van der Waals surface area contributed by atoms with Crippen LogP contribution in [0.1, 0.15) is 18.4 Å². The molecule has 2 fully saturated rings. The largest absolute Gasteiger partial charge is 0.417 e. The Hall–Kier alpha value is -1.98. The third kappa shape index (κ3) is 3.58. The van der Waals surface area contributed by atoms with Crippen LogP contribution in [0.2, 0.25) is 5.02 Å². The average Bonchev–Trinajstić information content (AvgIpc) is 2.60. The van der Waals surface area contributed by atoms with Crippen LogP contribution >= 0.6 is 11.6 Å². The topological polar surface area (TPSA) is 15.3 Å². The molecule has 142 valence electrons. The lowest BCUT2D eigenvalue weighted by molar-refractivity contribution is -0.137. The molecule has 2 aliphatic rings. The molecule has 2 saturated heterocycles. The van der Waals surface area contributed by atoms with Gasteiger partial charge in [0.05, 0.1) is 16.1 Å². The van der Waals surface area contributed by atoms with Crippen molar-refractivity contribution in [3.63, 3.8) is 0 Å². The number of benzene rings is 2. The number of rotatable bonds is 2. The molecule has 6 heteroatoms. The van der Waals surface area contributed by atoms with E-state index in [2.05, 4.69) is 16.8 Å². The summed E-state index contributed by atoms with van der Waals surface area (Å²) in [7, 11) is 0. The van der Waals surface area contributed by atoms with Gasteiger partial charge in [-0.3, -0.25) is 0 Å². The Morgan fingerprint density at radius 2 is 1.70 bits per heavy atom. The minimum atomic E-state index is -4.46. The number of nitrogens with zero attached hydrogens (tertiary/aromatic N) is 1. The van der Waals surface area contributed by atoms with Gasteiger partial charge in [0, 0.05) is 25.3 Å². The molecule has 1 N–H and O–H groups in total. The molecular weight excluding hydrogens is 373 g/mol. The zero-order valence-corrected chi connectivity index (χ0v) is 15.5. The van der Waals surface area contributed by atoms with Crippen molar-refractivity contribution in [3.05, 3.63) is 65.2 Å². The Bertz CT molecular complexity index is 856. The number of halogens is 4. The van der Waals surface area contributed by atoms with E-state index in [1.165, 1.54) is 11.6 Å². The molecule has 1 spiro atoms. The molecule has 4 rings (SSSR count). The van der Waals surface area contributed by atoms with Crippen molar-refractivity contribution in [2.75, 3.05) is 24.5 Å². The van der Waals surface area contributed by atoms with Crippen LogP contribution in [-0.4, -0.2) is 25.2 Å². The molecule has 2 heterocycles. The van der Waals surface area contributed by atoms with E-state index >= 15 is 0 Å². The summed E-state index contributed by atoms with van der Waals surface area (Å²) in [5.74, 6) is 0. The number of alkyl halides is 3. The van der Waals surface area contributed by atoms with Gasteiger partial charge in [-0.15, -0.1) is 0 Å². The van der Waals surface area contributed by atoms with Crippen LogP contribution in [0, 0.1) is 0 Å². The number of nitrogens with one attached hydrogen (secondary N) is 1. The summed E-state index contributed by atoms with van der Waals surface area (Å²) in [4.78, 5) is 2.29. The minimum absolute atomic E-state index is 0.178. The van der Waals surface area contributed by atoms with E-state index in [4.69, 9.17) is 11.6 Å². The average molecular weight is 393 g/mol. The van der Waals surface area contributed by atoms with Crippen LogP contribution < -0.4 is 10.2 Å².